The second kappa shape index (κ2) is 12.8. The van der Waals surface area contributed by atoms with Crippen LogP contribution in [-0.4, -0.2) is 63.6 Å². The fourth-order valence-corrected chi connectivity index (χ4v) is 5.42. The van der Waals surface area contributed by atoms with E-state index >= 15 is 0 Å². The van der Waals surface area contributed by atoms with Crippen LogP contribution in [0.5, 0.6) is 5.75 Å². The summed E-state index contributed by atoms with van der Waals surface area (Å²) in [6.07, 6.45) is 0.482. The number of carbonyl (C=O) groups is 3. The number of amides is 3. The van der Waals surface area contributed by atoms with Crippen LogP contribution in [0.3, 0.4) is 0 Å². The Morgan fingerprint density at radius 3 is 2.61 bits per heavy atom. The van der Waals surface area contributed by atoms with Gasteiger partial charge in [0.2, 0.25) is 5.91 Å². The van der Waals surface area contributed by atoms with E-state index in [-0.39, 0.29) is 30.9 Å². The van der Waals surface area contributed by atoms with Gasteiger partial charge in [0.25, 0.3) is 11.8 Å². The molecule has 3 heterocycles. The van der Waals surface area contributed by atoms with Gasteiger partial charge in [-0.15, -0.1) is 11.3 Å². The molecule has 2 N–H and O–H groups in total. The first-order valence-corrected chi connectivity index (χ1v) is 14.4. The maximum Gasteiger partial charge on any atom is 0.264 e. The summed E-state index contributed by atoms with van der Waals surface area (Å²) in [5, 5.41) is 10.6. The number of nitrogens with zero attached hydrogens (tertiary/aromatic N) is 4. The van der Waals surface area contributed by atoms with Crippen molar-refractivity contribution in [3.8, 4) is 17.1 Å². The number of ether oxygens (including phenoxy) is 1. The molecule has 0 spiro atoms. The Bertz CT molecular complexity index is 1530. The second-order valence-electron chi connectivity index (χ2n) is 9.79. The molecule has 0 fully saturated rings. The van der Waals surface area contributed by atoms with Gasteiger partial charge in [0.1, 0.15) is 18.2 Å². The lowest BCUT2D eigenvalue weighted by molar-refractivity contribution is -0.122. The lowest BCUT2D eigenvalue weighted by atomic mass is 10.2. The predicted octanol–water partition coefficient (Wildman–Crippen LogP) is 3.85. The first-order valence-electron chi connectivity index (χ1n) is 13.5. The van der Waals surface area contributed by atoms with Crippen molar-refractivity contribution in [2.45, 2.75) is 32.9 Å². The van der Waals surface area contributed by atoms with Crippen LogP contribution in [-0.2, 0) is 11.3 Å². The maximum atomic E-state index is 13.3. The third-order valence-corrected chi connectivity index (χ3v) is 7.62. The van der Waals surface area contributed by atoms with Gasteiger partial charge in [-0.25, -0.2) is 9.67 Å². The molecule has 11 heteroatoms. The highest BCUT2D eigenvalue weighted by Gasteiger charge is 2.24. The van der Waals surface area contributed by atoms with Crippen LogP contribution in [0, 0.1) is 6.92 Å². The lowest BCUT2D eigenvalue weighted by Gasteiger charge is -2.23. The van der Waals surface area contributed by atoms with Gasteiger partial charge in [-0.3, -0.25) is 14.4 Å². The molecule has 2 aromatic carbocycles. The zero-order valence-corrected chi connectivity index (χ0v) is 23.8. The van der Waals surface area contributed by atoms with Crippen molar-refractivity contribution in [2.24, 2.45) is 0 Å². The van der Waals surface area contributed by atoms with Gasteiger partial charge in [0, 0.05) is 29.1 Å². The Morgan fingerprint density at radius 2 is 1.83 bits per heavy atom. The van der Waals surface area contributed by atoms with E-state index in [9.17, 15) is 14.4 Å². The molecule has 0 unspecified atom stereocenters. The highest BCUT2D eigenvalue weighted by atomic mass is 32.1. The molecule has 41 heavy (non-hydrogen) atoms. The van der Waals surface area contributed by atoms with Crippen LogP contribution in [0.4, 0.5) is 0 Å². The molecule has 1 aliphatic rings. The lowest BCUT2D eigenvalue weighted by Crippen LogP contribution is -2.42. The Kier molecular flexibility index (Phi) is 8.73. The zero-order valence-electron chi connectivity index (χ0n) is 23.0. The molecule has 212 valence electrons. The first-order chi connectivity index (χ1) is 19.9. The van der Waals surface area contributed by atoms with E-state index in [4.69, 9.17) is 14.8 Å². The molecule has 2 aromatic heterocycles. The number of thiophene rings is 1. The molecular formula is C30H32N6O4S. The summed E-state index contributed by atoms with van der Waals surface area (Å²) < 4.78 is 7.68. The van der Waals surface area contributed by atoms with Gasteiger partial charge in [-0.1, -0.05) is 36.4 Å². The summed E-state index contributed by atoms with van der Waals surface area (Å²) in [6.45, 7) is 4.95. The first kappa shape index (κ1) is 28.0. The number of hydrogen-bond donors (Lipinski definition) is 2. The number of aryl methyl sites for hydroxylation is 1. The third kappa shape index (κ3) is 6.98. The smallest absolute Gasteiger partial charge is 0.264 e. The molecule has 4 aromatic rings. The van der Waals surface area contributed by atoms with Gasteiger partial charge in [0.15, 0.2) is 5.82 Å². The second-order valence-corrected chi connectivity index (χ2v) is 11.1. The van der Waals surface area contributed by atoms with Crippen LogP contribution in [0.15, 0.2) is 66.7 Å². The van der Waals surface area contributed by atoms with Gasteiger partial charge in [0.05, 0.1) is 24.0 Å². The summed E-state index contributed by atoms with van der Waals surface area (Å²) in [7, 11) is 0. The monoisotopic (exact) mass is 572 g/mol. The van der Waals surface area contributed by atoms with Crippen molar-refractivity contribution in [2.75, 3.05) is 26.2 Å². The predicted molar refractivity (Wildman–Crippen MR) is 156 cm³/mol. The normalized spacial score (nSPS) is 16.9. The van der Waals surface area contributed by atoms with Crippen LogP contribution in [0.25, 0.3) is 11.4 Å². The molecular weight excluding hydrogens is 540 g/mol. The molecule has 1 atom stereocenters. The van der Waals surface area contributed by atoms with Crippen molar-refractivity contribution in [3.63, 3.8) is 0 Å². The van der Waals surface area contributed by atoms with Crippen molar-refractivity contribution < 1.29 is 19.1 Å². The number of fused-ring (bicyclic) bond motifs is 3. The summed E-state index contributed by atoms with van der Waals surface area (Å²) in [5.41, 5.74) is 1.33. The van der Waals surface area contributed by atoms with E-state index in [0.29, 0.717) is 53.9 Å². The van der Waals surface area contributed by atoms with Crippen molar-refractivity contribution in [1.82, 2.24) is 30.3 Å². The van der Waals surface area contributed by atoms with E-state index in [0.717, 1.165) is 10.4 Å². The van der Waals surface area contributed by atoms with E-state index in [1.165, 1.54) is 16.2 Å². The van der Waals surface area contributed by atoms with E-state index in [1.54, 1.807) is 35.0 Å². The molecule has 0 aliphatic carbocycles. The van der Waals surface area contributed by atoms with Gasteiger partial charge in [-0.05, 0) is 50.6 Å². The minimum absolute atomic E-state index is 0.126. The zero-order chi connectivity index (χ0) is 28.8. The Morgan fingerprint density at radius 1 is 1.02 bits per heavy atom. The summed E-state index contributed by atoms with van der Waals surface area (Å²) in [4.78, 5) is 47.2. The molecule has 5 rings (SSSR count). The van der Waals surface area contributed by atoms with Crippen molar-refractivity contribution in [1.29, 1.82) is 0 Å². The minimum atomic E-state index is -0.477. The van der Waals surface area contributed by atoms with Crippen LogP contribution >= 0.6 is 11.3 Å². The highest BCUT2D eigenvalue weighted by Crippen LogP contribution is 2.21. The number of benzene rings is 2. The minimum Gasteiger partial charge on any atom is -0.492 e. The number of rotatable bonds is 2. The SMILES string of the molecule is Cc1ccc(C(=O)N2CCCNC(=O)c3cccc(c3)OCCn3nc(-c4ccccc4)nc3[C@H](C)NC(=O)C2)s1. The molecule has 10 nitrogen and oxygen atoms in total. The summed E-state index contributed by atoms with van der Waals surface area (Å²) in [6, 6.07) is 19.8. The Hall–Kier alpha value is -4.51. The standard InChI is InChI=1S/C30H32N6O4S/c1-20-12-13-25(41-20)30(39)35-15-7-14-31-29(38)23-10-6-11-24(18-23)40-17-16-36-28(21(2)32-26(37)19-35)33-27(34-36)22-8-4-3-5-9-22/h3-6,8-13,18,21H,7,14-17,19H2,1-2H3,(H,31,38)(H,32,37)/t21-/m0/s1. The van der Waals surface area contributed by atoms with Gasteiger partial charge < -0.3 is 20.3 Å². The summed E-state index contributed by atoms with van der Waals surface area (Å²) in [5.74, 6) is 0.907. The average molecular weight is 573 g/mol. The molecule has 0 radical (unpaired) electrons. The molecule has 3 amide bonds. The average Bonchev–Trinajstić information content (AvgIpc) is 3.61. The number of nitrogens with one attached hydrogen (secondary N) is 2. The quantitative estimate of drug-likeness (QED) is 0.377. The Balaban J connectivity index is 1.43. The highest BCUT2D eigenvalue weighted by molar-refractivity contribution is 7.13. The largest absolute Gasteiger partial charge is 0.492 e. The van der Waals surface area contributed by atoms with Gasteiger partial charge in [-0.2, -0.15) is 5.10 Å². The molecule has 1 aliphatic heterocycles. The third-order valence-electron chi connectivity index (χ3n) is 6.63. The fraction of sp³-hybridized carbons (Fsp3) is 0.300. The number of carbonyl (C=O) groups excluding carboxylic acids is 3. The molecule has 0 saturated carbocycles. The summed E-state index contributed by atoms with van der Waals surface area (Å²) >= 11 is 1.39. The maximum absolute atomic E-state index is 13.3. The van der Waals surface area contributed by atoms with Crippen molar-refractivity contribution in [3.05, 3.63) is 87.9 Å². The van der Waals surface area contributed by atoms with E-state index < -0.39 is 6.04 Å². The molecule has 2 bridgehead atoms. The van der Waals surface area contributed by atoms with Crippen LogP contribution in [0.2, 0.25) is 0 Å². The van der Waals surface area contributed by atoms with Gasteiger partial charge >= 0.3 is 0 Å². The van der Waals surface area contributed by atoms with Crippen LogP contribution in [0.1, 0.15) is 50.1 Å². The number of aromatic nitrogens is 3. The molecule has 0 saturated heterocycles. The van der Waals surface area contributed by atoms with Crippen LogP contribution < -0.4 is 15.4 Å². The number of hydrogen-bond acceptors (Lipinski definition) is 7. The fourth-order valence-electron chi connectivity index (χ4n) is 4.58. The Labute approximate surface area is 242 Å². The van der Waals surface area contributed by atoms with E-state index in [1.807, 2.05) is 50.2 Å². The topological polar surface area (TPSA) is 118 Å². The van der Waals surface area contributed by atoms with Crippen molar-refractivity contribution >= 4 is 29.1 Å². The van der Waals surface area contributed by atoms with E-state index in [2.05, 4.69) is 10.6 Å².